The molecule has 0 saturated carbocycles. The molecule has 0 rings (SSSR count). The molecule has 0 N–H and O–H groups in total. The van der Waals surface area contributed by atoms with Crippen LogP contribution in [0.25, 0.3) is 0 Å². The molecule has 228 valence electrons. The highest BCUT2D eigenvalue weighted by atomic mass is 17.2. The van der Waals surface area contributed by atoms with Crippen LogP contribution in [0, 0.1) is 0 Å². The molecule has 0 atom stereocenters. The normalized spacial score (nSPS) is 11.6. The third-order valence-corrected chi connectivity index (χ3v) is 5.06. The smallest absolute Gasteiger partial charge is 0.125 e. The third-order valence-electron chi connectivity index (χ3n) is 5.06. The van der Waals surface area contributed by atoms with E-state index in [1.165, 1.54) is 38.5 Å². The van der Waals surface area contributed by atoms with Crippen LogP contribution in [0.2, 0.25) is 0 Å². The minimum atomic E-state index is 0.383. The van der Waals surface area contributed by atoms with Crippen LogP contribution in [-0.4, -0.2) is 112 Å². The van der Waals surface area contributed by atoms with Crippen molar-refractivity contribution in [3.8, 4) is 0 Å². The van der Waals surface area contributed by atoms with Gasteiger partial charge in [-0.2, -0.15) is 4.89 Å². The SMILES string of the molecule is CCCCCCCCC=COOCCOCCOCCOCCOCCOCCOCCOCCOCC. The van der Waals surface area contributed by atoms with E-state index in [1.54, 1.807) is 6.26 Å². The van der Waals surface area contributed by atoms with Crippen LogP contribution < -0.4 is 0 Å². The molecule has 38 heavy (non-hydrogen) atoms. The molecule has 0 aromatic carbocycles. The molecule has 10 heteroatoms. The highest BCUT2D eigenvalue weighted by Gasteiger charge is 1.95. The van der Waals surface area contributed by atoms with E-state index in [9.17, 15) is 0 Å². The van der Waals surface area contributed by atoms with E-state index >= 15 is 0 Å². The molecule has 0 aliphatic carbocycles. The van der Waals surface area contributed by atoms with Gasteiger partial charge >= 0.3 is 0 Å². The highest BCUT2D eigenvalue weighted by molar-refractivity contribution is 4.71. The van der Waals surface area contributed by atoms with E-state index in [-0.39, 0.29) is 0 Å². The molecule has 0 heterocycles. The number of allylic oxidation sites excluding steroid dienone is 1. The summed E-state index contributed by atoms with van der Waals surface area (Å²) < 4.78 is 43.2. The van der Waals surface area contributed by atoms with Crippen LogP contribution in [-0.2, 0) is 47.7 Å². The van der Waals surface area contributed by atoms with Crippen LogP contribution in [0.1, 0.15) is 58.8 Å². The van der Waals surface area contributed by atoms with E-state index < -0.39 is 0 Å². The minimum Gasteiger partial charge on any atom is -0.379 e. The Hall–Kier alpha value is -0.820. The number of ether oxygens (including phenoxy) is 8. The molecule has 0 saturated heterocycles. The van der Waals surface area contributed by atoms with Gasteiger partial charge in [0.15, 0.2) is 0 Å². The fourth-order valence-corrected chi connectivity index (χ4v) is 3.01. The first-order chi connectivity index (χ1) is 18.9. The van der Waals surface area contributed by atoms with E-state index in [0.717, 1.165) is 6.42 Å². The molecular formula is C28H56O10. The number of hydrogen-bond acceptors (Lipinski definition) is 10. The largest absolute Gasteiger partial charge is 0.379 e. The van der Waals surface area contributed by atoms with Crippen LogP contribution in [0.15, 0.2) is 12.3 Å². The van der Waals surface area contributed by atoms with Crippen molar-refractivity contribution in [3.05, 3.63) is 12.3 Å². The molecule has 10 nitrogen and oxygen atoms in total. The average molecular weight is 553 g/mol. The monoisotopic (exact) mass is 552 g/mol. The second kappa shape index (κ2) is 36.2. The maximum Gasteiger partial charge on any atom is 0.125 e. The Bertz CT molecular complexity index is 440. The average Bonchev–Trinajstić information content (AvgIpc) is 2.93. The van der Waals surface area contributed by atoms with Crippen molar-refractivity contribution < 1.29 is 47.7 Å². The van der Waals surface area contributed by atoms with Gasteiger partial charge in [-0.1, -0.05) is 39.0 Å². The van der Waals surface area contributed by atoms with Gasteiger partial charge in [0.2, 0.25) is 0 Å². The van der Waals surface area contributed by atoms with Crippen LogP contribution >= 0.6 is 0 Å². The Morgan fingerprint density at radius 1 is 0.395 bits per heavy atom. The zero-order chi connectivity index (χ0) is 27.5. The molecule has 0 aliphatic heterocycles. The van der Waals surface area contributed by atoms with Crippen LogP contribution in [0.4, 0.5) is 0 Å². The van der Waals surface area contributed by atoms with Crippen molar-refractivity contribution >= 4 is 0 Å². The third kappa shape index (κ3) is 35.2. The summed E-state index contributed by atoms with van der Waals surface area (Å²) in [6.07, 6.45) is 12.4. The lowest BCUT2D eigenvalue weighted by atomic mass is 10.1. The zero-order valence-corrected chi connectivity index (χ0v) is 24.2. The van der Waals surface area contributed by atoms with E-state index in [0.29, 0.717) is 112 Å². The van der Waals surface area contributed by atoms with Crippen molar-refractivity contribution in [2.75, 3.05) is 112 Å². The minimum absolute atomic E-state index is 0.383. The summed E-state index contributed by atoms with van der Waals surface area (Å²) in [4.78, 5) is 10.0. The topological polar surface area (TPSA) is 92.3 Å². The second-order valence-corrected chi connectivity index (χ2v) is 8.33. The Labute approximate surface area is 231 Å². The first-order valence-electron chi connectivity index (χ1n) is 14.5. The van der Waals surface area contributed by atoms with Crippen LogP contribution in [0.3, 0.4) is 0 Å². The van der Waals surface area contributed by atoms with Gasteiger partial charge in [-0.15, -0.1) is 0 Å². The van der Waals surface area contributed by atoms with Gasteiger partial charge in [0.05, 0.1) is 99.1 Å². The van der Waals surface area contributed by atoms with Gasteiger partial charge in [0.1, 0.15) is 12.9 Å². The summed E-state index contributed by atoms with van der Waals surface area (Å²) in [6.45, 7) is 13.4. The molecular weight excluding hydrogens is 496 g/mol. The quantitative estimate of drug-likeness (QED) is 0.0496. The Kier molecular flexibility index (Phi) is 35.4. The van der Waals surface area contributed by atoms with Crippen LogP contribution in [0.5, 0.6) is 0 Å². The fourth-order valence-electron chi connectivity index (χ4n) is 3.01. The molecule has 0 fully saturated rings. The van der Waals surface area contributed by atoms with Gasteiger partial charge in [0.25, 0.3) is 0 Å². The van der Waals surface area contributed by atoms with E-state index in [2.05, 4.69) is 6.92 Å². The summed E-state index contributed by atoms with van der Waals surface area (Å²) in [5.41, 5.74) is 0. The summed E-state index contributed by atoms with van der Waals surface area (Å²) in [7, 11) is 0. The summed E-state index contributed by atoms with van der Waals surface area (Å²) >= 11 is 0. The molecule has 0 aromatic heterocycles. The van der Waals surface area contributed by atoms with Crippen molar-refractivity contribution in [2.24, 2.45) is 0 Å². The van der Waals surface area contributed by atoms with Gasteiger partial charge in [0, 0.05) is 6.61 Å². The van der Waals surface area contributed by atoms with Crippen molar-refractivity contribution in [3.63, 3.8) is 0 Å². The molecule has 0 spiro atoms. The Morgan fingerprint density at radius 3 is 1.18 bits per heavy atom. The summed E-state index contributed by atoms with van der Waals surface area (Å²) in [5.74, 6) is 0. The summed E-state index contributed by atoms with van der Waals surface area (Å²) in [5, 5.41) is 0. The lowest BCUT2D eigenvalue weighted by Crippen LogP contribution is -2.15. The maximum atomic E-state index is 5.46. The van der Waals surface area contributed by atoms with Gasteiger partial charge in [-0.25, -0.2) is 0 Å². The van der Waals surface area contributed by atoms with Crippen molar-refractivity contribution in [2.45, 2.75) is 58.8 Å². The highest BCUT2D eigenvalue weighted by Crippen LogP contribution is 2.07. The van der Waals surface area contributed by atoms with E-state index in [4.69, 9.17) is 47.7 Å². The van der Waals surface area contributed by atoms with E-state index in [1.807, 2.05) is 13.0 Å². The van der Waals surface area contributed by atoms with Gasteiger partial charge < -0.3 is 42.8 Å². The first kappa shape index (κ1) is 37.2. The molecule has 0 radical (unpaired) electrons. The Morgan fingerprint density at radius 2 is 0.763 bits per heavy atom. The fraction of sp³-hybridized carbons (Fsp3) is 0.929. The predicted octanol–water partition coefficient (Wildman–Crippen LogP) is 4.35. The molecule has 0 aromatic rings. The standard InChI is InChI=1S/C28H56O10/c1-3-5-6-7-8-9-10-11-12-37-38-28-27-36-26-25-35-24-23-34-22-21-33-20-19-32-18-17-31-16-15-30-14-13-29-4-2/h11-12H,3-10,13-28H2,1-2H3. The lowest BCUT2D eigenvalue weighted by molar-refractivity contribution is -0.255. The maximum absolute atomic E-state index is 5.46. The predicted molar refractivity (Wildman–Crippen MR) is 146 cm³/mol. The lowest BCUT2D eigenvalue weighted by Gasteiger charge is -2.08. The zero-order valence-electron chi connectivity index (χ0n) is 24.2. The molecule has 0 bridgehead atoms. The summed E-state index contributed by atoms with van der Waals surface area (Å²) in [6, 6.07) is 0. The Balaban J connectivity index is 3.05. The molecule has 0 unspecified atom stereocenters. The van der Waals surface area contributed by atoms with Gasteiger partial charge in [-0.3, -0.25) is 0 Å². The molecule has 0 aliphatic rings. The first-order valence-corrected chi connectivity index (χ1v) is 14.5. The van der Waals surface area contributed by atoms with Gasteiger partial charge in [-0.05, 0) is 25.8 Å². The number of rotatable bonds is 34. The van der Waals surface area contributed by atoms with Crippen molar-refractivity contribution in [1.82, 2.24) is 0 Å². The van der Waals surface area contributed by atoms with Crippen molar-refractivity contribution in [1.29, 1.82) is 0 Å². The number of unbranched alkanes of at least 4 members (excludes halogenated alkanes) is 6. The molecule has 0 amide bonds. The number of hydrogen-bond donors (Lipinski definition) is 0. The second-order valence-electron chi connectivity index (χ2n) is 8.33.